The smallest absolute Gasteiger partial charge is 0.307 e. The maximum absolute atomic E-state index is 13.5. The van der Waals surface area contributed by atoms with Crippen molar-refractivity contribution in [2.45, 2.75) is 25.4 Å². The first-order valence-corrected chi connectivity index (χ1v) is 14.2. The van der Waals surface area contributed by atoms with Gasteiger partial charge in [-0.3, -0.25) is 9.59 Å². The van der Waals surface area contributed by atoms with Crippen molar-refractivity contribution in [3.8, 4) is 0 Å². The third-order valence-electron chi connectivity index (χ3n) is 6.69. The maximum Gasteiger partial charge on any atom is 0.307 e. The molecule has 1 unspecified atom stereocenters. The summed E-state index contributed by atoms with van der Waals surface area (Å²) >= 11 is 7.44. The van der Waals surface area contributed by atoms with Gasteiger partial charge in [-0.05, 0) is 19.2 Å². The summed E-state index contributed by atoms with van der Waals surface area (Å²) in [6.45, 7) is 1.92. The molecule has 0 radical (unpaired) electrons. The molecule has 192 valence electrons. The Balaban J connectivity index is 1.40. The Kier molecular flexibility index (Phi) is 6.81. The minimum atomic E-state index is -3.92. The van der Waals surface area contributed by atoms with Crippen LogP contribution in [0.15, 0.2) is 30.6 Å². The van der Waals surface area contributed by atoms with Crippen LogP contribution in [0.4, 0.5) is 0 Å². The van der Waals surface area contributed by atoms with Crippen molar-refractivity contribution < 1.29 is 18.0 Å². The predicted molar refractivity (Wildman–Crippen MR) is 138 cm³/mol. The highest BCUT2D eigenvalue weighted by molar-refractivity contribution is 7.87. The molecule has 2 aliphatic heterocycles. The number of thiazole rings is 1. The second kappa shape index (κ2) is 9.75. The molecule has 2 amide bonds. The largest absolute Gasteiger partial charge is 0.359 e. The highest BCUT2D eigenvalue weighted by atomic mass is 35.5. The van der Waals surface area contributed by atoms with Crippen molar-refractivity contribution >= 4 is 55.7 Å². The van der Waals surface area contributed by atoms with Gasteiger partial charge in [-0.15, -0.1) is 11.3 Å². The van der Waals surface area contributed by atoms with Crippen molar-refractivity contribution in [1.82, 2.24) is 28.4 Å². The molecular weight excluding hydrogens is 524 g/mol. The molecule has 0 bridgehead atoms. The first kappa shape index (κ1) is 25.2. The van der Waals surface area contributed by atoms with Gasteiger partial charge in [0.25, 0.3) is 5.91 Å². The van der Waals surface area contributed by atoms with Crippen LogP contribution in [0.3, 0.4) is 0 Å². The first-order valence-electron chi connectivity index (χ1n) is 11.6. The summed E-state index contributed by atoms with van der Waals surface area (Å²) in [4.78, 5) is 35.3. The fraction of sp³-hybridized carbons (Fsp3) is 0.435. The Labute approximate surface area is 218 Å². The van der Waals surface area contributed by atoms with Gasteiger partial charge in [-0.1, -0.05) is 17.7 Å². The number of nitrogens with zero attached hydrogens (tertiary/aromatic N) is 5. The molecule has 5 rings (SSSR count). The number of carbonyl (C=O) groups excluding carboxylic acids is 2. The Morgan fingerprint density at radius 3 is 2.75 bits per heavy atom. The number of likely N-dealkylation sites (N-methyl/N-ethyl adjacent to an activating group) is 1. The van der Waals surface area contributed by atoms with Gasteiger partial charge in [0.15, 0.2) is 5.01 Å². The Bertz CT molecular complexity index is 1440. The quantitative estimate of drug-likeness (QED) is 0.519. The fourth-order valence-corrected chi connectivity index (χ4v) is 7.44. The molecule has 2 aliphatic rings. The highest BCUT2D eigenvalue weighted by Gasteiger charge is 2.38. The van der Waals surface area contributed by atoms with Crippen LogP contribution in [0, 0.1) is 0 Å². The van der Waals surface area contributed by atoms with Crippen LogP contribution >= 0.6 is 22.9 Å². The summed E-state index contributed by atoms with van der Waals surface area (Å²) in [5, 5.41) is 4.95. The van der Waals surface area contributed by atoms with Crippen molar-refractivity contribution in [3.05, 3.63) is 51.2 Å². The van der Waals surface area contributed by atoms with Gasteiger partial charge in [-0.25, -0.2) is 8.96 Å². The lowest BCUT2D eigenvalue weighted by atomic mass is 10.1. The zero-order chi connectivity index (χ0) is 25.6. The zero-order valence-electron chi connectivity index (χ0n) is 20.0. The number of rotatable bonds is 5. The lowest BCUT2D eigenvalue weighted by Gasteiger charge is -2.40. The molecule has 36 heavy (non-hydrogen) atoms. The molecule has 1 atom stereocenters. The normalized spacial score (nSPS) is 19.4. The summed E-state index contributed by atoms with van der Waals surface area (Å²) < 4.78 is 29.5. The van der Waals surface area contributed by atoms with Gasteiger partial charge in [0.05, 0.1) is 11.7 Å². The molecule has 13 heteroatoms. The Hall–Kier alpha value is -2.51. The maximum atomic E-state index is 13.5. The van der Waals surface area contributed by atoms with E-state index in [9.17, 15) is 18.0 Å². The molecule has 4 heterocycles. The number of benzene rings is 1. The summed E-state index contributed by atoms with van der Waals surface area (Å²) in [5.74, 6) is -0.525. The highest BCUT2D eigenvalue weighted by Crippen LogP contribution is 2.28. The van der Waals surface area contributed by atoms with Crippen LogP contribution in [-0.4, -0.2) is 89.6 Å². The summed E-state index contributed by atoms with van der Waals surface area (Å²) in [7, 11) is -0.361. The Morgan fingerprint density at radius 2 is 1.97 bits per heavy atom. The second-order valence-corrected chi connectivity index (χ2v) is 12.5. The van der Waals surface area contributed by atoms with Crippen molar-refractivity contribution in [3.63, 3.8) is 0 Å². The molecule has 1 saturated heterocycles. The molecule has 1 fully saturated rings. The third-order valence-corrected chi connectivity index (χ3v) is 9.72. The van der Waals surface area contributed by atoms with E-state index in [-0.39, 0.29) is 37.9 Å². The van der Waals surface area contributed by atoms with E-state index >= 15 is 0 Å². The molecule has 3 aromatic rings. The fourth-order valence-electron chi connectivity index (χ4n) is 4.68. The van der Waals surface area contributed by atoms with Crippen LogP contribution in [-0.2, 0) is 28.0 Å². The first-order chi connectivity index (χ1) is 17.2. The average Bonchev–Trinajstić information content (AvgIpc) is 3.47. The molecule has 1 aromatic carbocycles. The number of amides is 2. The van der Waals surface area contributed by atoms with E-state index in [2.05, 4.69) is 15.2 Å². The Morgan fingerprint density at radius 1 is 1.19 bits per heavy atom. The standard InChI is InChI=1S/C23H27ClN6O4S2/c1-25-21(31)10-18-13-28(36(33,34)29-11-15-3-4-17(24)9-16(15)12-29)7-8-30(18)23(32)22-26-19-5-6-27(2)14-20(19)35-22/h3-4,9,11-12,18H,5-8,10,13-14H2,1-2H3,(H,25,31). The van der Waals surface area contributed by atoms with E-state index in [1.807, 2.05) is 7.05 Å². The number of halogens is 1. The van der Waals surface area contributed by atoms with Crippen molar-refractivity contribution in [2.24, 2.45) is 0 Å². The molecular formula is C23H27ClN6O4S2. The summed E-state index contributed by atoms with van der Waals surface area (Å²) in [6.07, 6.45) is 3.85. The lowest BCUT2D eigenvalue weighted by Crippen LogP contribution is -2.58. The van der Waals surface area contributed by atoms with Gasteiger partial charge >= 0.3 is 10.2 Å². The molecule has 10 nitrogen and oxygen atoms in total. The van der Waals surface area contributed by atoms with Gasteiger partial charge in [0, 0.05) is 85.7 Å². The number of hydrogen-bond donors (Lipinski definition) is 1. The van der Waals surface area contributed by atoms with E-state index in [4.69, 9.17) is 11.6 Å². The lowest BCUT2D eigenvalue weighted by molar-refractivity contribution is -0.121. The van der Waals surface area contributed by atoms with E-state index in [0.717, 1.165) is 35.5 Å². The van der Waals surface area contributed by atoms with Crippen LogP contribution in [0.2, 0.25) is 5.02 Å². The van der Waals surface area contributed by atoms with Crippen LogP contribution in [0.1, 0.15) is 26.8 Å². The van der Waals surface area contributed by atoms with Gasteiger partial charge in [0.1, 0.15) is 0 Å². The van der Waals surface area contributed by atoms with Crippen molar-refractivity contribution in [2.75, 3.05) is 40.3 Å². The number of aromatic nitrogens is 2. The monoisotopic (exact) mass is 550 g/mol. The number of carbonyl (C=O) groups is 2. The summed E-state index contributed by atoms with van der Waals surface area (Å²) in [6, 6.07) is 4.56. The number of nitrogens with one attached hydrogen (secondary N) is 1. The van der Waals surface area contributed by atoms with Crippen molar-refractivity contribution in [1.29, 1.82) is 0 Å². The number of hydrogen-bond acceptors (Lipinski definition) is 7. The van der Waals surface area contributed by atoms with Crippen LogP contribution in [0.25, 0.3) is 10.8 Å². The summed E-state index contributed by atoms with van der Waals surface area (Å²) in [5.41, 5.74) is 0.949. The van der Waals surface area contributed by atoms with Gasteiger partial charge in [-0.2, -0.15) is 12.7 Å². The minimum Gasteiger partial charge on any atom is -0.359 e. The van der Waals surface area contributed by atoms with E-state index < -0.39 is 16.3 Å². The average molecular weight is 551 g/mol. The minimum absolute atomic E-state index is 0.00457. The van der Waals surface area contributed by atoms with E-state index in [1.54, 1.807) is 29.3 Å². The predicted octanol–water partition coefficient (Wildman–Crippen LogP) is 1.79. The molecule has 0 aliphatic carbocycles. The molecule has 0 spiro atoms. The zero-order valence-corrected chi connectivity index (χ0v) is 22.4. The van der Waals surface area contributed by atoms with Gasteiger partial charge < -0.3 is 15.1 Å². The molecule has 1 N–H and O–H groups in total. The molecule has 2 aromatic heterocycles. The number of fused-ring (bicyclic) bond motifs is 2. The van der Waals surface area contributed by atoms with Crippen LogP contribution in [0.5, 0.6) is 0 Å². The topological polar surface area (TPSA) is 108 Å². The second-order valence-electron chi connectivity index (χ2n) is 9.13. The molecule has 0 saturated carbocycles. The van der Waals surface area contributed by atoms with Gasteiger partial charge in [0.2, 0.25) is 5.91 Å². The van der Waals surface area contributed by atoms with E-state index in [0.29, 0.717) is 15.4 Å². The third kappa shape index (κ3) is 4.75. The SMILES string of the molecule is CNC(=O)CC1CN(S(=O)(=O)n2cc3ccc(Cl)cc3c2)CCN1C(=O)c1nc2c(s1)CN(C)CC2. The van der Waals surface area contributed by atoms with E-state index in [1.165, 1.54) is 32.9 Å². The number of piperazine rings is 1. The van der Waals surface area contributed by atoms with Crippen LogP contribution < -0.4 is 5.32 Å².